The Bertz CT molecular complexity index is 558. The van der Waals surface area contributed by atoms with Crippen molar-refractivity contribution < 1.29 is 0 Å². The average Bonchev–Trinajstić information content (AvgIpc) is 2.60. The van der Waals surface area contributed by atoms with E-state index in [2.05, 4.69) is 38.1 Å². The number of aryl methyl sites for hydroxylation is 2. The lowest BCUT2D eigenvalue weighted by Gasteiger charge is -2.09. The lowest BCUT2D eigenvalue weighted by atomic mass is 9.96. The molecule has 1 aromatic carbocycles. The molecule has 15 heavy (non-hydrogen) atoms. The summed E-state index contributed by atoms with van der Waals surface area (Å²) in [5.41, 5.74) is 4.47. The topological polar surface area (TPSA) is 0 Å². The minimum Gasteiger partial charge on any atom is -0.135 e. The summed E-state index contributed by atoms with van der Waals surface area (Å²) in [4.78, 5) is 1.52. The molecule has 1 aliphatic rings. The molecule has 0 amide bonds. The Balaban J connectivity index is 2.42. The predicted octanol–water partition coefficient (Wildman–Crippen LogP) is 4.56. The largest absolute Gasteiger partial charge is 0.135 e. The van der Waals surface area contributed by atoms with Gasteiger partial charge in [-0.1, -0.05) is 24.3 Å². The Kier molecular flexibility index (Phi) is 1.96. The van der Waals surface area contributed by atoms with E-state index in [4.69, 9.17) is 0 Å². The summed E-state index contributed by atoms with van der Waals surface area (Å²) in [5.74, 6) is 0. The second-order valence-corrected chi connectivity index (χ2v) is 5.31. The molecule has 0 spiro atoms. The van der Waals surface area contributed by atoms with Crippen LogP contribution in [0.1, 0.15) is 29.3 Å². The minimum atomic E-state index is 1.21. The maximum atomic E-state index is 2.37. The van der Waals surface area contributed by atoms with Gasteiger partial charge in [0.05, 0.1) is 0 Å². The van der Waals surface area contributed by atoms with Crippen molar-refractivity contribution in [2.24, 2.45) is 0 Å². The van der Waals surface area contributed by atoms with Crippen molar-refractivity contribution in [2.75, 3.05) is 0 Å². The molecule has 3 rings (SSSR count). The first kappa shape index (κ1) is 9.17. The van der Waals surface area contributed by atoms with E-state index in [1.165, 1.54) is 38.9 Å². The molecule has 0 aliphatic heterocycles. The number of fused-ring (bicyclic) bond motifs is 3. The third kappa shape index (κ3) is 1.26. The molecule has 1 heteroatoms. The summed E-state index contributed by atoms with van der Waals surface area (Å²) in [6.45, 7) is 4.45. The van der Waals surface area contributed by atoms with Crippen LogP contribution in [-0.4, -0.2) is 0 Å². The Hall–Kier alpha value is -1.08. The first-order valence-corrected chi connectivity index (χ1v) is 6.27. The molecular formula is C14H14S. The smallest absolute Gasteiger partial charge is 0.0381 e. The highest BCUT2D eigenvalue weighted by atomic mass is 32.1. The minimum absolute atomic E-state index is 1.21. The molecule has 0 fully saturated rings. The van der Waals surface area contributed by atoms with Gasteiger partial charge in [-0.2, -0.15) is 0 Å². The fourth-order valence-corrected chi connectivity index (χ4v) is 3.72. The molecule has 0 nitrogen and oxygen atoms in total. The molecule has 1 aliphatic carbocycles. The molecule has 0 saturated carbocycles. The number of hydrogen-bond acceptors (Lipinski definition) is 1. The average molecular weight is 214 g/mol. The third-order valence-corrected chi connectivity index (χ3v) is 4.74. The fraction of sp³-hybridized carbons (Fsp3) is 0.286. The van der Waals surface area contributed by atoms with Crippen LogP contribution in [0.4, 0.5) is 0 Å². The molecule has 1 aromatic heterocycles. The van der Waals surface area contributed by atoms with Gasteiger partial charge in [-0.3, -0.25) is 0 Å². The van der Waals surface area contributed by atoms with Crippen molar-refractivity contribution in [3.8, 4) is 0 Å². The van der Waals surface area contributed by atoms with Crippen LogP contribution in [0.15, 0.2) is 24.3 Å². The summed E-state index contributed by atoms with van der Waals surface area (Å²) in [6, 6.07) is 6.66. The maximum absolute atomic E-state index is 2.37. The molecule has 0 unspecified atom stereocenters. The van der Waals surface area contributed by atoms with E-state index in [1.54, 1.807) is 5.56 Å². The standard InChI is InChI=1S/C14H14S/c1-9-5-3-7-11-12-8-4-6-10(2)14(12)15-13(9)11/h3,5-7H,4,8H2,1-2H3. The van der Waals surface area contributed by atoms with Gasteiger partial charge in [0.1, 0.15) is 0 Å². The van der Waals surface area contributed by atoms with Crippen LogP contribution < -0.4 is 0 Å². The van der Waals surface area contributed by atoms with Crippen molar-refractivity contribution in [1.82, 2.24) is 0 Å². The van der Waals surface area contributed by atoms with E-state index in [9.17, 15) is 0 Å². The first-order valence-electron chi connectivity index (χ1n) is 5.45. The van der Waals surface area contributed by atoms with E-state index in [1.807, 2.05) is 11.3 Å². The molecule has 2 aromatic rings. The van der Waals surface area contributed by atoms with Gasteiger partial charge in [-0.05, 0) is 48.8 Å². The highest BCUT2D eigenvalue weighted by molar-refractivity contribution is 7.20. The van der Waals surface area contributed by atoms with Crippen molar-refractivity contribution >= 4 is 27.0 Å². The van der Waals surface area contributed by atoms with Crippen molar-refractivity contribution in [3.05, 3.63) is 40.3 Å². The van der Waals surface area contributed by atoms with Gasteiger partial charge >= 0.3 is 0 Å². The van der Waals surface area contributed by atoms with Gasteiger partial charge in [0.25, 0.3) is 0 Å². The van der Waals surface area contributed by atoms with Crippen LogP contribution in [0, 0.1) is 6.92 Å². The highest BCUT2D eigenvalue weighted by Gasteiger charge is 2.16. The lowest BCUT2D eigenvalue weighted by molar-refractivity contribution is 0.996. The third-order valence-electron chi connectivity index (χ3n) is 3.22. The number of rotatable bonds is 0. The second kappa shape index (κ2) is 3.21. The molecule has 0 radical (unpaired) electrons. The van der Waals surface area contributed by atoms with Crippen molar-refractivity contribution in [1.29, 1.82) is 0 Å². The lowest BCUT2D eigenvalue weighted by Crippen LogP contribution is -1.92. The molecule has 0 bridgehead atoms. The molecular weight excluding hydrogens is 200 g/mol. The number of hydrogen-bond donors (Lipinski definition) is 0. The quantitative estimate of drug-likeness (QED) is 0.603. The maximum Gasteiger partial charge on any atom is 0.0381 e. The van der Waals surface area contributed by atoms with Crippen LogP contribution in [0.5, 0.6) is 0 Å². The Morgan fingerprint density at radius 2 is 2.07 bits per heavy atom. The van der Waals surface area contributed by atoms with Gasteiger partial charge in [-0.25, -0.2) is 0 Å². The van der Waals surface area contributed by atoms with E-state index in [0.717, 1.165) is 0 Å². The van der Waals surface area contributed by atoms with Crippen LogP contribution in [-0.2, 0) is 6.42 Å². The number of benzene rings is 1. The van der Waals surface area contributed by atoms with E-state index < -0.39 is 0 Å². The summed E-state index contributed by atoms with van der Waals surface area (Å²) < 4.78 is 1.48. The van der Waals surface area contributed by atoms with Crippen LogP contribution in [0.3, 0.4) is 0 Å². The summed E-state index contributed by atoms with van der Waals surface area (Å²) >= 11 is 1.97. The molecule has 0 saturated heterocycles. The normalized spacial score (nSPS) is 15.2. The van der Waals surface area contributed by atoms with Crippen LogP contribution in [0.2, 0.25) is 0 Å². The van der Waals surface area contributed by atoms with E-state index in [-0.39, 0.29) is 0 Å². The summed E-state index contributed by atoms with van der Waals surface area (Å²) in [7, 11) is 0. The summed E-state index contributed by atoms with van der Waals surface area (Å²) in [5, 5.41) is 1.49. The predicted molar refractivity (Wildman–Crippen MR) is 68.5 cm³/mol. The zero-order valence-corrected chi connectivity index (χ0v) is 9.95. The monoisotopic (exact) mass is 214 g/mol. The van der Waals surface area contributed by atoms with E-state index in [0.29, 0.717) is 0 Å². The molecule has 0 atom stereocenters. The van der Waals surface area contributed by atoms with E-state index >= 15 is 0 Å². The van der Waals surface area contributed by atoms with Gasteiger partial charge in [0, 0.05) is 9.58 Å². The van der Waals surface area contributed by atoms with Crippen molar-refractivity contribution in [2.45, 2.75) is 26.7 Å². The Morgan fingerprint density at radius 1 is 1.20 bits per heavy atom. The molecule has 0 N–H and O–H groups in total. The zero-order valence-electron chi connectivity index (χ0n) is 9.13. The number of thiophene rings is 1. The van der Waals surface area contributed by atoms with Gasteiger partial charge < -0.3 is 0 Å². The molecule has 76 valence electrons. The van der Waals surface area contributed by atoms with Gasteiger partial charge in [0.2, 0.25) is 0 Å². The van der Waals surface area contributed by atoms with Crippen LogP contribution >= 0.6 is 11.3 Å². The Labute approximate surface area is 94.2 Å². The Morgan fingerprint density at radius 3 is 2.93 bits per heavy atom. The fourth-order valence-electron chi connectivity index (χ4n) is 2.40. The first-order chi connectivity index (χ1) is 7.27. The zero-order chi connectivity index (χ0) is 10.4. The number of allylic oxidation sites excluding steroid dienone is 2. The summed E-state index contributed by atoms with van der Waals surface area (Å²) in [6.07, 6.45) is 4.79. The highest BCUT2D eigenvalue weighted by Crippen LogP contribution is 2.40. The van der Waals surface area contributed by atoms with Crippen molar-refractivity contribution in [3.63, 3.8) is 0 Å². The van der Waals surface area contributed by atoms with Gasteiger partial charge in [-0.15, -0.1) is 11.3 Å². The van der Waals surface area contributed by atoms with Crippen LogP contribution in [0.25, 0.3) is 15.7 Å². The van der Waals surface area contributed by atoms with Gasteiger partial charge in [0.15, 0.2) is 0 Å². The SMILES string of the molecule is CC1=CCCc2c1sc1c(C)cccc21. The molecule has 1 heterocycles. The second-order valence-electron chi connectivity index (χ2n) is 4.29.